The number of rotatable bonds is 4. The second kappa shape index (κ2) is 5.11. The first-order valence-electron chi connectivity index (χ1n) is 4.25. The van der Waals surface area contributed by atoms with E-state index in [1.165, 1.54) is 0 Å². The van der Waals surface area contributed by atoms with Crippen LogP contribution < -0.4 is 16.4 Å². The molecule has 2 atom stereocenters. The third kappa shape index (κ3) is 5.09. The van der Waals surface area contributed by atoms with Crippen molar-refractivity contribution < 1.29 is 4.79 Å². The molecule has 1 amide bonds. The lowest BCUT2D eigenvalue weighted by Gasteiger charge is -2.17. The average molecular weight is 173 g/mol. The molecule has 0 saturated carbocycles. The van der Waals surface area contributed by atoms with E-state index in [0.29, 0.717) is 6.04 Å². The molecule has 0 heterocycles. The van der Waals surface area contributed by atoms with Crippen molar-refractivity contribution >= 4 is 5.91 Å². The number of carbonyl (C=O) groups is 1. The molecule has 0 aromatic carbocycles. The number of carbonyl (C=O) groups excluding carboxylic acids is 1. The van der Waals surface area contributed by atoms with Gasteiger partial charge in [-0.3, -0.25) is 4.79 Å². The first-order valence-corrected chi connectivity index (χ1v) is 4.25. The molecule has 0 aliphatic carbocycles. The standard InChI is InChI=1S/C8H19N3O/c1-5(2)10-6(3)8(12)11-7(4)9/h5-7,10H,9H2,1-4H3,(H,11,12)/t6-,7?/m0/s1. The van der Waals surface area contributed by atoms with Gasteiger partial charge in [-0.2, -0.15) is 0 Å². The summed E-state index contributed by atoms with van der Waals surface area (Å²) in [6.45, 7) is 7.54. The van der Waals surface area contributed by atoms with Gasteiger partial charge < -0.3 is 16.4 Å². The van der Waals surface area contributed by atoms with E-state index in [1.54, 1.807) is 6.92 Å². The Kier molecular flexibility index (Phi) is 4.85. The summed E-state index contributed by atoms with van der Waals surface area (Å²) in [5, 5.41) is 5.70. The lowest BCUT2D eigenvalue weighted by molar-refractivity contribution is -0.123. The van der Waals surface area contributed by atoms with Crippen LogP contribution in [0.2, 0.25) is 0 Å². The largest absolute Gasteiger partial charge is 0.340 e. The molecule has 0 aromatic heterocycles. The van der Waals surface area contributed by atoms with Gasteiger partial charge in [-0.15, -0.1) is 0 Å². The topological polar surface area (TPSA) is 67.2 Å². The molecule has 12 heavy (non-hydrogen) atoms. The van der Waals surface area contributed by atoms with Crippen LogP contribution in [0.4, 0.5) is 0 Å². The Balaban J connectivity index is 3.77. The lowest BCUT2D eigenvalue weighted by atomic mass is 10.2. The summed E-state index contributed by atoms with van der Waals surface area (Å²) in [4.78, 5) is 11.2. The van der Waals surface area contributed by atoms with E-state index >= 15 is 0 Å². The van der Waals surface area contributed by atoms with Gasteiger partial charge in [-0.1, -0.05) is 13.8 Å². The van der Waals surface area contributed by atoms with Gasteiger partial charge in [0.25, 0.3) is 0 Å². The minimum absolute atomic E-state index is 0.0568. The lowest BCUT2D eigenvalue weighted by Crippen LogP contribution is -2.49. The highest BCUT2D eigenvalue weighted by atomic mass is 16.2. The first-order chi connectivity index (χ1) is 5.43. The summed E-state index contributed by atoms with van der Waals surface area (Å²) >= 11 is 0. The molecule has 4 nitrogen and oxygen atoms in total. The van der Waals surface area contributed by atoms with Crippen molar-refractivity contribution in [3.63, 3.8) is 0 Å². The Labute approximate surface area is 73.9 Å². The minimum atomic E-state index is -0.283. The summed E-state index contributed by atoms with van der Waals surface area (Å²) in [5.74, 6) is -0.0568. The molecular formula is C8H19N3O. The normalized spacial score (nSPS) is 15.8. The van der Waals surface area contributed by atoms with Crippen LogP contribution in [-0.2, 0) is 4.79 Å². The molecule has 0 aromatic rings. The highest BCUT2D eigenvalue weighted by Gasteiger charge is 2.13. The molecule has 0 spiro atoms. The van der Waals surface area contributed by atoms with Gasteiger partial charge in [0.1, 0.15) is 0 Å². The van der Waals surface area contributed by atoms with Gasteiger partial charge in [-0.25, -0.2) is 0 Å². The van der Waals surface area contributed by atoms with Crippen LogP contribution in [0.25, 0.3) is 0 Å². The molecule has 72 valence electrons. The van der Waals surface area contributed by atoms with Gasteiger partial charge in [0.15, 0.2) is 0 Å². The Morgan fingerprint density at radius 2 is 1.75 bits per heavy atom. The van der Waals surface area contributed by atoms with Crippen molar-refractivity contribution in [3.05, 3.63) is 0 Å². The van der Waals surface area contributed by atoms with Crippen LogP contribution in [0, 0.1) is 0 Å². The van der Waals surface area contributed by atoms with Crippen molar-refractivity contribution in [2.45, 2.75) is 45.9 Å². The number of amides is 1. The highest BCUT2D eigenvalue weighted by Crippen LogP contribution is 1.86. The van der Waals surface area contributed by atoms with E-state index < -0.39 is 0 Å². The predicted molar refractivity (Wildman–Crippen MR) is 49.5 cm³/mol. The smallest absolute Gasteiger partial charge is 0.238 e. The fraction of sp³-hybridized carbons (Fsp3) is 0.875. The zero-order valence-electron chi connectivity index (χ0n) is 8.22. The van der Waals surface area contributed by atoms with Crippen LogP contribution in [-0.4, -0.2) is 24.2 Å². The minimum Gasteiger partial charge on any atom is -0.340 e. The molecule has 0 bridgehead atoms. The van der Waals surface area contributed by atoms with E-state index in [4.69, 9.17) is 5.73 Å². The third-order valence-electron chi connectivity index (χ3n) is 1.35. The van der Waals surface area contributed by atoms with Gasteiger partial charge >= 0.3 is 0 Å². The van der Waals surface area contributed by atoms with Crippen LogP contribution in [0.15, 0.2) is 0 Å². The van der Waals surface area contributed by atoms with Crippen molar-refractivity contribution in [1.29, 1.82) is 0 Å². The molecule has 0 saturated heterocycles. The van der Waals surface area contributed by atoms with E-state index in [9.17, 15) is 4.79 Å². The molecule has 4 N–H and O–H groups in total. The van der Waals surface area contributed by atoms with Gasteiger partial charge in [0.05, 0.1) is 12.2 Å². The second-order valence-electron chi connectivity index (χ2n) is 3.34. The molecule has 0 radical (unpaired) electrons. The number of nitrogens with one attached hydrogen (secondary N) is 2. The van der Waals surface area contributed by atoms with Gasteiger partial charge in [0, 0.05) is 6.04 Å². The van der Waals surface area contributed by atoms with Crippen LogP contribution >= 0.6 is 0 Å². The molecule has 0 aliphatic heterocycles. The highest BCUT2D eigenvalue weighted by molar-refractivity contribution is 5.81. The van der Waals surface area contributed by atoms with Crippen LogP contribution in [0.3, 0.4) is 0 Å². The quantitative estimate of drug-likeness (QED) is 0.515. The Hall–Kier alpha value is -0.610. The fourth-order valence-corrected chi connectivity index (χ4v) is 0.925. The van der Waals surface area contributed by atoms with Crippen LogP contribution in [0.5, 0.6) is 0 Å². The van der Waals surface area contributed by atoms with Crippen molar-refractivity contribution in [2.24, 2.45) is 5.73 Å². The zero-order chi connectivity index (χ0) is 9.72. The molecule has 0 aliphatic rings. The van der Waals surface area contributed by atoms with E-state index in [2.05, 4.69) is 10.6 Å². The summed E-state index contributed by atoms with van der Waals surface area (Å²) < 4.78 is 0. The molecular weight excluding hydrogens is 154 g/mol. The molecule has 0 fully saturated rings. The van der Waals surface area contributed by atoms with Gasteiger partial charge in [-0.05, 0) is 13.8 Å². The summed E-state index contributed by atoms with van der Waals surface area (Å²) in [7, 11) is 0. The van der Waals surface area contributed by atoms with Crippen LogP contribution in [0.1, 0.15) is 27.7 Å². The first kappa shape index (κ1) is 11.4. The third-order valence-corrected chi connectivity index (χ3v) is 1.35. The molecule has 1 unspecified atom stereocenters. The number of hydrogen-bond donors (Lipinski definition) is 3. The summed E-state index contributed by atoms with van der Waals surface area (Å²) in [5.41, 5.74) is 5.40. The van der Waals surface area contributed by atoms with Crippen molar-refractivity contribution in [1.82, 2.24) is 10.6 Å². The SMILES string of the molecule is CC(C)N[C@@H](C)C(=O)NC(C)N. The predicted octanol–water partition coefficient (Wildman–Crippen LogP) is -0.206. The summed E-state index contributed by atoms with van der Waals surface area (Å²) in [6.07, 6.45) is -0.283. The molecule has 4 heteroatoms. The van der Waals surface area contributed by atoms with Crippen molar-refractivity contribution in [2.75, 3.05) is 0 Å². The van der Waals surface area contributed by atoms with Gasteiger partial charge in [0.2, 0.25) is 5.91 Å². The maximum atomic E-state index is 11.2. The maximum absolute atomic E-state index is 11.2. The maximum Gasteiger partial charge on any atom is 0.238 e. The van der Waals surface area contributed by atoms with Crippen molar-refractivity contribution in [3.8, 4) is 0 Å². The Morgan fingerprint density at radius 3 is 2.08 bits per heavy atom. The van der Waals surface area contributed by atoms with E-state index in [0.717, 1.165) is 0 Å². The fourth-order valence-electron chi connectivity index (χ4n) is 0.925. The van der Waals surface area contributed by atoms with E-state index in [-0.39, 0.29) is 18.1 Å². The number of hydrogen-bond acceptors (Lipinski definition) is 3. The molecule has 0 rings (SSSR count). The summed E-state index contributed by atoms with van der Waals surface area (Å²) in [6, 6.07) is 0.120. The Bertz CT molecular complexity index is 145. The second-order valence-corrected chi connectivity index (χ2v) is 3.34. The monoisotopic (exact) mass is 173 g/mol. The Morgan fingerprint density at radius 1 is 1.25 bits per heavy atom. The van der Waals surface area contributed by atoms with E-state index in [1.807, 2.05) is 20.8 Å². The average Bonchev–Trinajstić information content (AvgIpc) is 1.84. The zero-order valence-corrected chi connectivity index (χ0v) is 8.22. The number of nitrogens with two attached hydrogens (primary N) is 1.